The van der Waals surface area contributed by atoms with Gasteiger partial charge in [-0.25, -0.2) is 0 Å². The van der Waals surface area contributed by atoms with Gasteiger partial charge in [-0.3, -0.25) is 4.79 Å². The van der Waals surface area contributed by atoms with Gasteiger partial charge in [0.25, 0.3) is 5.91 Å². The van der Waals surface area contributed by atoms with Gasteiger partial charge in [-0.15, -0.1) is 0 Å². The van der Waals surface area contributed by atoms with Gasteiger partial charge in [0.05, 0.1) is 13.7 Å². The lowest BCUT2D eigenvalue weighted by Gasteiger charge is -2.18. The van der Waals surface area contributed by atoms with E-state index < -0.39 is 0 Å². The fourth-order valence-electron chi connectivity index (χ4n) is 2.73. The molecule has 1 saturated heterocycles. The molecule has 1 aliphatic heterocycles. The summed E-state index contributed by atoms with van der Waals surface area (Å²) in [6.45, 7) is 5.08. The molecule has 0 radical (unpaired) electrons. The van der Waals surface area contributed by atoms with Crippen molar-refractivity contribution in [1.29, 1.82) is 0 Å². The molecule has 116 valence electrons. The Morgan fingerprint density at radius 3 is 2.90 bits per heavy atom. The highest BCUT2D eigenvalue weighted by molar-refractivity contribution is 5.95. The maximum atomic E-state index is 12.5. The smallest absolute Gasteiger partial charge is 0.254 e. The van der Waals surface area contributed by atoms with Crippen LogP contribution in [0.25, 0.3) is 0 Å². The van der Waals surface area contributed by atoms with Gasteiger partial charge in [0.1, 0.15) is 0 Å². The molecule has 1 N–H and O–H groups in total. The third-order valence-corrected chi connectivity index (χ3v) is 3.78. The van der Waals surface area contributed by atoms with Crippen molar-refractivity contribution in [2.24, 2.45) is 5.92 Å². The van der Waals surface area contributed by atoms with E-state index in [4.69, 9.17) is 9.47 Å². The van der Waals surface area contributed by atoms with E-state index in [-0.39, 0.29) is 5.91 Å². The van der Waals surface area contributed by atoms with Crippen molar-refractivity contribution in [3.05, 3.63) is 23.8 Å². The van der Waals surface area contributed by atoms with Crippen LogP contribution in [0, 0.1) is 5.92 Å². The molecule has 21 heavy (non-hydrogen) atoms. The first-order valence-electron chi connectivity index (χ1n) is 7.44. The molecule has 1 aromatic carbocycles. The number of carbonyl (C=O) groups is 1. The van der Waals surface area contributed by atoms with Gasteiger partial charge in [-0.05, 0) is 51.1 Å². The molecule has 5 heteroatoms. The number of hydrogen-bond acceptors (Lipinski definition) is 4. The standard InChI is InChI=1S/C16H24N2O3/c1-4-21-14-6-5-13(9-15(14)20-3)16(19)18-8-7-12(11-18)10-17-2/h5-6,9,12,17H,4,7-8,10-11H2,1-3H3/t12-/m0/s1. The van der Waals surface area contributed by atoms with Gasteiger partial charge in [0, 0.05) is 18.7 Å². The predicted molar refractivity (Wildman–Crippen MR) is 82.1 cm³/mol. The second-order valence-electron chi connectivity index (χ2n) is 5.26. The molecule has 1 fully saturated rings. The molecule has 0 saturated carbocycles. The molecule has 1 heterocycles. The van der Waals surface area contributed by atoms with Gasteiger partial charge in [-0.1, -0.05) is 0 Å². The van der Waals surface area contributed by atoms with Crippen LogP contribution >= 0.6 is 0 Å². The van der Waals surface area contributed by atoms with Crippen molar-refractivity contribution in [2.75, 3.05) is 40.4 Å². The van der Waals surface area contributed by atoms with E-state index in [1.165, 1.54) is 0 Å². The van der Waals surface area contributed by atoms with E-state index in [0.717, 1.165) is 26.1 Å². The zero-order valence-corrected chi connectivity index (χ0v) is 13.0. The van der Waals surface area contributed by atoms with Crippen molar-refractivity contribution in [3.8, 4) is 11.5 Å². The van der Waals surface area contributed by atoms with Crippen LogP contribution < -0.4 is 14.8 Å². The number of amides is 1. The molecule has 0 aromatic heterocycles. The molecule has 1 aromatic rings. The van der Waals surface area contributed by atoms with Gasteiger partial charge >= 0.3 is 0 Å². The van der Waals surface area contributed by atoms with Gasteiger partial charge in [-0.2, -0.15) is 0 Å². The van der Waals surface area contributed by atoms with E-state index in [9.17, 15) is 4.79 Å². The van der Waals surface area contributed by atoms with Gasteiger partial charge < -0.3 is 19.7 Å². The Morgan fingerprint density at radius 2 is 2.24 bits per heavy atom. The number of rotatable bonds is 6. The third kappa shape index (κ3) is 3.67. The summed E-state index contributed by atoms with van der Waals surface area (Å²) < 4.78 is 10.8. The predicted octanol–water partition coefficient (Wildman–Crippen LogP) is 1.78. The number of likely N-dealkylation sites (tertiary alicyclic amines) is 1. The summed E-state index contributed by atoms with van der Waals surface area (Å²) in [7, 11) is 3.53. The summed E-state index contributed by atoms with van der Waals surface area (Å²) in [5.74, 6) is 1.89. The van der Waals surface area contributed by atoms with Crippen LogP contribution in [-0.4, -0.2) is 51.2 Å². The number of carbonyl (C=O) groups excluding carboxylic acids is 1. The van der Waals surface area contributed by atoms with Crippen LogP contribution in [-0.2, 0) is 0 Å². The molecule has 0 spiro atoms. The van der Waals surface area contributed by atoms with E-state index >= 15 is 0 Å². The average molecular weight is 292 g/mol. The van der Waals surface area contributed by atoms with Crippen molar-refractivity contribution in [1.82, 2.24) is 10.2 Å². The maximum Gasteiger partial charge on any atom is 0.254 e. The Bertz CT molecular complexity index is 490. The van der Waals surface area contributed by atoms with Gasteiger partial charge in [0.2, 0.25) is 0 Å². The molecule has 5 nitrogen and oxygen atoms in total. The SMILES string of the molecule is CCOc1ccc(C(=O)N2CC[C@@H](CNC)C2)cc1OC. The quantitative estimate of drug-likeness (QED) is 0.868. The van der Waals surface area contributed by atoms with E-state index in [0.29, 0.717) is 29.6 Å². The molecule has 0 unspecified atom stereocenters. The van der Waals surface area contributed by atoms with Crippen molar-refractivity contribution < 1.29 is 14.3 Å². The Hall–Kier alpha value is -1.75. The molecule has 1 aliphatic rings. The third-order valence-electron chi connectivity index (χ3n) is 3.78. The van der Waals surface area contributed by atoms with Crippen molar-refractivity contribution in [3.63, 3.8) is 0 Å². The highest BCUT2D eigenvalue weighted by atomic mass is 16.5. The highest BCUT2D eigenvalue weighted by Gasteiger charge is 2.26. The van der Waals surface area contributed by atoms with Crippen molar-refractivity contribution in [2.45, 2.75) is 13.3 Å². The molecular formula is C16H24N2O3. The Balaban J connectivity index is 2.09. The normalized spacial score (nSPS) is 17.9. The second kappa shape index (κ2) is 7.31. The highest BCUT2D eigenvalue weighted by Crippen LogP contribution is 2.29. The minimum atomic E-state index is 0.0648. The Morgan fingerprint density at radius 1 is 1.43 bits per heavy atom. The first-order valence-corrected chi connectivity index (χ1v) is 7.44. The Kier molecular flexibility index (Phi) is 5.44. The summed E-state index contributed by atoms with van der Waals surface area (Å²) in [6, 6.07) is 5.37. The number of ether oxygens (including phenoxy) is 2. The van der Waals surface area contributed by atoms with Crippen LogP contribution in [0.15, 0.2) is 18.2 Å². The lowest BCUT2D eigenvalue weighted by Crippen LogP contribution is -2.30. The lowest BCUT2D eigenvalue weighted by molar-refractivity contribution is 0.0787. The van der Waals surface area contributed by atoms with Crippen LogP contribution in [0.4, 0.5) is 0 Å². The van der Waals surface area contributed by atoms with Crippen molar-refractivity contribution >= 4 is 5.91 Å². The minimum absolute atomic E-state index is 0.0648. The van der Waals surface area contributed by atoms with Crippen LogP contribution in [0.2, 0.25) is 0 Å². The first kappa shape index (κ1) is 15.6. The zero-order valence-electron chi connectivity index (χ0n) is 13.0. The van der Waals surface area contributed by atoms with E-state index in [1.807, 2.05) is 18.9 Å². The maximum absolute atomic E-state index is 12.5. The summed E-state index contributed by atoms with van der Waals surface area (Å²) >= 11 is 0. The molecule has 1 amide bonds. The van der Waals surface area contributed by atoms with E-state index in [2.05, 4.69) is 5.32 Å². The molecule has 2 rings (SSSR count). The van der Waals surface area contributed by atoms with Crippen LogP contribution in [0.3, 0.4) is 0 Å². The van der Waals surface area contributed by atoms with Crippen LogP contribution in [0.1, 0.15) is 23.7 Å². The van der Waals surface area contributed by atoms with Gasteiger partial charge in [0.15, 0.2) is 11.5 Å². The fourth-order valence-corrected chi connectivity index (χ4v) is 2.73. The molecule has 0 aliphatic carbocycles. The minimum Gasteiger partial charge on any atom is -0.493 e. The number of benzene rings is 1. The topological polar surface area (TPSA) is 50.8 Å². The summed E-state index contributed by atoms with van der Waals surface area (Å²) in [4.78, 5) is 14.5. The average Bonchev–Trinajstić information content (AvgIpc) is 2.96. The summed E-state index contributed by atoms with van der Waals surface area (Å²) in [6.07, 6.45) is 1.06. The number of hydrogen-bond donors (Lipinski definition) is 1. The first-order chi connectivity index (χ1) is 10.2. The number of nitrogens with zero attached hydrogens (tertiary/aromatic N) is 1. The monoisotopic (exact) mass is 292 g/mol. The number of methoxy groups -OCH3 is 1. The second-order valence-corrected chi connectivity index (χ2v) is 5.26. The lowest BCUT2D eigenvalue weighted by atomic mass is 10.1. The summed E-state index contributed by atoms with van der Waals surface area (Å²) in [5, 5.41) is 3.17. The van der Waals surface area contributed by atoms with E-state index in [1.54, 1.807) is 25.3 Å². The summed E-state index contributed by atoms with van der Waals surface area (Å²) in [5.41, 5.74) is 0.653. The Labute approximate surface area is 126 Å². The largest absolute Gasteiger partial charge is 0.493 e. The zero-order chi connectivity index (χ0) is 15.2. The molecule has 0 bridgehead atoms. The molecular weight excluding hydrogens is 268 g/mol. The molecule has 1 atom stereocenters. The van der Waals surface area contributed by atoms with Crippen LogP contribution in [0.5, 0.6) is 11.5 Å². The number of nitrogens with one attached hydrogen (secondary N) is 1. The fraction of sp³-hybridized carbons (Fsp3) is 0.562.